The van der Waals surface area contributed by atoms with Gasteiger partial charge in [-0.25, -0.2) is 9.09 Å². The molecule has 0 heterocycles. The van der Waals surface area contributed by atoms with Gasteiger partial charge in [0.25, 0.3) is 0 Å². The zero-order chi connectivity index (χ0) is 13.4. The Morgan fingerprint density at radius 1 is 0.750 bits per heavy atom. The molecule has 96 valence electrons. The summed E-state index contributed by atoms with van der Waals surface area (Å²) in [5.74, 6) is -13.9. The number of rotatable bonds is 4. The molecule has 0 unspecified atom stereocenters. The lowest BCUT2D eigenvalue weighted by Gasteiger charge is -2.31. The van der Waals surface area contributed by atoms with E-state index in [1.54, 1.807) is 0 Å². The summed E-state index contributed by atoms with van der Waals surface area (Å²) < 4.78 is 118. The van der Waals surface area contributed by atoms with Crippen molar-refractivity contribution in [1.29, 1.82) is 0 Å². The van der Waals surface area contributed by atoms with Gasteiger partial charge in [-0.2, -0.15) is 39.5 Å². The average molecular weight is 282 g/mol. The average Bonchev–Trinajstić information content (AvgIpc) is 2.01. The zero-order valence-electron chi connectivity index (χ0n) is 6.67. The van der Waals surface area contributed by atoms with Gasteiger partial charge >= 0.3 is 32.8 Å². The van der Waals surface area contributed by atoms with E-state index in [-0.39, 0.29) is 0 Å². The molecule has 0 aromatic heterocycles. The predicted molar refractivity (Wildman–Crippen MR) is 29.6 cm³/mol. The maximum atomic E-state index is 12.2. The summed E-state index contributed by atoms with van der Waals surface area (Å²) >= 11 is 0. The van der Waals surface area contributed by atoms with E-state index >= 15 is 0 Å². The highest BCUT2D eigenvalue weighted by Crippen LogP contribution is 2.53. The van der Waals surface area contributed by atoms with Crippen molar-refractivity contribution in [3.8, 4) is 0 Å². The summed E-state index contributed by atoms with van der Waals surface area (Å²) in [7, 11) is -2.18. The van der Waals surface area contributed by atoms with Crippen LogP contribution < -0.4 is 0 Å². The number of hydrogen-bond acceptors (Lipinski definition) is 2. The second-order valence-corrected chi connectivity index (χ2v) is 2.66. The molecule has 0 rings (SSSR count). The van der Waals surface area contributed by atoms with Crippen LogP contribution in [0.15, 0.2) is 0 Å². The second kappa shape index (κ2) is 4.02. The van der Waals surface area contributed by atoms with Crippen LogP contribution in [0.1, 0.15) is 0 Å². The standard InChI is InChI=1S/C4F9O2P/c5-1(6,3(9,10)11)2(7,8)4(12,13)15-16-14. The summed E-state index contributed by atoms with van der Waals surface area (Å²) in [4.78, 5) is 0. The Labute approximate surface area is 82.6 Å². The number of halogens is 9. The maximum Gasteiger partial charge on any atom is 0.460 e. The van der Waals surface area contributed by atoms with Gasteiger partial charge in [0.2, 0.25) is 0 Å². The molecule has 0 aliphatic heterocycles. The van der Waals surface area contributed by atoms with Gasteiger partial charge in [-0.05, 0) is 0 Å². The van der Waals surface area contributed by atoms with Crippen molar-refractivity contribution in [2.75, 3.05) is 0 Å². The first kappa shape index (κ1) is 15.4. The predicted octanol–water partition coefficient (Wildman–Crippen LogP) is 3.64. The van der Waals surface area contributed by atoms with E-state index in [1.165, 1.54) is 0 Å². The molecule has 0 aliphatic rings. The first-order chi connectivity index (χ1) is 6.81. The Balaban J connectivity index is 5.42. The Bertz CT molecular complexity index is 271. The van der Waals surface area contributed by atoms with Crippen LogP contribution in [0.25, 0.3) is 0 Å². The highest BCUT2D eigenvalue weighted by molar-refractivity contribution is 7.17. The van der Waals surface area contributed by atoms with Crippen LogP contribution in [0.4, 0.5) is 39.5 Å². The fraction of sp³-hybridized carbons (Fsp3) is 1.00. The van der Waals surface area contributed by atoms with Crippen LogP contribution >= 0.6 is 8.69 Å². The topological polar surface area (TPSA) is 26.3 Å². The normalized spacial score (nSPS) is 15.6. The van der Waals surface area contributed by atoms with Crippen LogP contribution in [0.5, 0.6) is 0 Å². The quantitative estimate of drug-likeness (QED) is 0.581. The van der Waals surface area contributed by atoms with E-state index in [1.807, 2.05) is 0 Å². The minimum atomic E-state index is -7.03. The van der Waals surface area contributed by atoms with Gasteiger partial charge in [-0.1, -0.05) is 0 Å². The third kappa shape index (κ3) is 2.24. The van der Waals surface area contributed by atoms with Gasteiger partial charge in [-0.15, -0.1) is 0 Å². The minimum absolute atomic E-state index is 2.18. The number of alkyl halides is 9. The lowest BCUT2D eigenvalue weighted by atomic mass is 10.1. The van der Waals surface area contributed by atoms with E-state index in [0.717, 1.165) is 0 Å². The molecule has 16 heavy (non-hydrogen) atoms. The van der Waals surface area contributed by atoms with Crippen LogP contribution in [0, 0.1) is 0 Å². The fourth-order valence-corrected chi connectivity index (χ4v) is 0.673. The van der Waals surface area contributed by atoms with E-state index in [9.17, 15) is 44.1 Å². The lowest BCUT2D eigenvalue weighted by Crippen LogP contribution is -2.61. The Hall–Kier alpha value is -0.570. The highest BCUT2D eigenvalue weighted by atomic mass is 31.1. The third-order valence-electron chi connectivity index (χ3n) is 1.27. The Kier molecular flexibility index (Phi) is 3.88. The summed E-state index contributed by atoms with van der Waals surface area (Å²) in [5, 5.41) is 0. The second-order valence-electron chi connectivity index (χ2n) is 2.33. The molecule has 0 aromatic carbocycles. The molecule has 0 aliphatic carbocycles. The lowest BCUT2D eigenvalue weighted by molar-refractivity contribution is -0.427. The van der Waals surface area contributed by atoms with E-state index in [2.05, 4.69) is 4.52 Å². The molecule has 0 saturated carbocycles. The SMILES string of the molecule is O=POC(F)(F)C(F)(F)C(F)(F)C(F)(F)F. The van der Waals surface area contributed by atoms with Crippen molar-refractivity contribution in [3.05, 3.63) is 0 Å². The first-order valence-corrected chi connectivity index (χ1v) is 3.75. The van der Waals surface area contributed by atoms with Gasteiger partial charge in [0.1, 0.15) is 0 Å². The van der Waals surface area contributed by atoms with Crippen LogP contribution in [0.3, 0.4) is 0 Å². The Morgan fingerprint density at radius 3 is 1.38 bits per heavy atom. The van der Waals surface area contributed by atoms with E-state index in [4.69, 9.17) is 0 Å². The van der Waals surface area contributed by atoms with E-state index in [0.29, 0.717) is 0 Å². The molecule has 0 N–H and O–H groups in total. The molecule has 0 amide bonds. The number of hydrogen-bond donors (Lipinski definition) is 0. The van der Waals surface area contributed by atoms with Gasteiger partial charge in [0.05, 0.1) is 0 Å². The van der Waals surface area contributed by atoms with Crippen LogP contribution in [-0.2, 0) is 9.09 Å². The van der Waals surface area contributed by atoms with Gasteiger partial charge < -0.3 is 0 Å². The van der Waals surface area contributed by atoms with E-state index < -0.39 is 32.8 Å². The van der Waals surface area contributed by atoms with Gasteiger partial charge in [0.15, 0.2) is 0 Å². The largest absolute Gasteiger partial charge is 0.460 e. The molecule has 2 nitrogen and oxygen atoms in total. The van der Waals surface area contributed by atoms with Gasteiger partial charge in [0, 0.05) is 0 Å². The zero-order valence-corrected chi connectivity index (χ0v) is 7.56. The molecule has 0 fully saturated rings. The van der Waals surface area contributed by atoms with Crippen molar-refractivity contribution in [3.63, 3.8) is 0 Å². The summed E-state index contributed by atoms with van der Waals surface area (Å²) in [6.07, 6.45) is -13.2. The Morgan fingerprint density at radius 2 is 1.12 bits per heavy atom. The molecule has 0 bridgehead atoms. The first-order valence-electron chi connectivity index (χ1n) is 3.02. The molecule has 12 heteroatoms. The molecule has 0 saturated heterocycles. The van der Waals surface area contributed by atoms with Crippen molar-refractivity contribution in [2.24, 2.45) is 0 Å². The van der Waals surface area contributed by atoms with Crippen molar-refractivity contribution < 1.29 is 48.6 Å². The van der Waals surface area contributed by atoms with Crippen molar-refractivity contribution in [1.82, 2.24) is 0 Å². The molecule has 0 atom stereocenters. The molecule has 0 radical (unpaired) electrons. The summed E-state index contributed by atoms with van der Waals surface area (Å²) in [6, 6.07) is 0. The molecular weight excluding hydrogens is 282 g/mol. The monoisotopic (exact) mass is 282 g/mol. The fourth-order valence-electron chi connectivity index (χ4n) is 0.465. The highest BCUT2D eigenvalue weighted by Gasteiger charge is 2.83. The third-order valence-corrected chi connectivity index (χ3v) is 1.57. The molecule has 0 aromatic rings. The minimum Gasteiger partial charge on any atom is -0.240 e. The van der Waals surface area contributed by atoms with Crippen LogP contribution in [0.2, 0.25) is 0 Å². The summed E-state index contributed by atoms with van der Waals surface area (Å²) in [6.45, 7) is 0. The van der Waals surface area contributed by atoms with Crippen molar-refractivity contribution >= 4 is 8.69 Å². The maximum absolute atomic E-state index is 12.2. The smallest absolute Gasteiger partial charge is 0.240 e. The molecule has 0 spiro atoms. The van der Waals surface area contributed by atoms with Crippen molar-refractivity contribution in [2.45, 2.75) is 24.1 Å². The molecular formula is C4F9O2P. The summed E-state index contributed by atoms with van der Waals surface area (Å²) in [5.41, 5.74) is 0. The van der Waals surface area contributed by atoms with Gasteiger partial charge in [-0.3, -0.25) is 0 Å². The van der Waals surface area contributed by atoms with Crippen LogP contribution in [-0.4, -0.2) is 24.1 Å².